The van der Waals surface area contributed by atoms with Gasteiger partial charge in [0.05, 0.1) is 0 Å². The first-order valence-corrected chi connectivity index (χ1v) is 7.05. The van der Waals surface area contributed by atoms with Gasteiger partial charge in [-0.3, -0.25) is 0 Å². The van der Waals surface area contributed by atoms with Gasteiger partial charge in [-0.25, -0.2) is 0 Å². The maximum atomic E-state index is 10.5. The molecule has 3 rings (SSSR count). The summed E-state index contributed by atoms with van der Waals surface area (Å²) in [5.41, 5.74) is -0.0596. The van der Waals surface area contributed by atoms with Gasteiger partial charge >= 0.3 is 0 Å². The summed E-state index contributed by atoms with van der Waals surface area (Å²) in [6.07, 6.45) is 1.67. The van der Waals surface area contributed by atoms with E-state index in [0.29, 0.717) is 36.0 Å². The molecule has 20 heavy (non-hydrogen) atoms. The first kappa shape index (κ1) is 13.5. The summed E-state index contributed by atoms with van der Waals surface area (Å²) >= 11 is 6.11. The molecule has 5 nitrogen and oxygen atoms in total. The van der Waals surface area contributed by atoms with Crippen LogP contribution in [-0.2, 0) is 12.0 Å². The lowest BCUT2D eigenvalue weighted by Crippen LogP contribution is -2.39. The SMILES string of the molecule is OC1(c2nc(Cc3ccccc3Cl)no2)CCNCC1. The molecule has 1 fully saturated rings. The van der Waals surface area contributed by atoms with E-state index < -0.39 is 5.60 Å². The first-order valence-electron chi connectivity index (χ1n) is 6.67. The summed E-state index contributed by atoms with van der Waals surface area (Å²) in [6, 6.07) is 7.56. The van der Waals surface area contributed by atoms with Crippen molar-refractivity contribution in [1.29, 1.82) is 0 Å². The van der Waals surface area contributed by atoms with Crippen molar-refractivity contribution in [2.75, 3.05) is 13.1 Å². The standard InChI is InChI=1S/C14H16ClN3O2/c15-11-4-2-1-3-10(11)9-12-17-13(20-18-12)14(19)5-7-16-8-6-14/h1-4,16,19H,5-9H2. The number of nitrogens with one attached hydrogen (secondary N) is 1. The predicted molar refractivity (Wildman–Crippen MR) is 74.6 cm³/mol. The van der Waals surface area contributed by atoms with Crippen LogP contribution in [0.5, 0.6) is 0 Å². The van der Waals surface area contributed by atoms with Crippen LogP contribution in [0.1, 0.15) is 30.1 Å². The van der Waals surface area contributed by atoms with Crippen molar-refractivity contribution in [3.63, 3.8) is 0 Å². The van der Waals surface area contributed by atoms with E-state index in [4.69, 9.17) is 16.1 Å². The topological polar surface area (TPSA) is 71.2 Å². The second-order valence-electron chi connectivity index (χ2n) is 5.07. The van der Waals surface area contributed by atoms with Crippen LogP contribution >= 0.6 is 11.6 Å². The summed E-state index contributed by atoms with van der Waals surface area (Å²) in [5, 5.41) is 18.3. The average molecular weight is 294 g/mol. The third-order valence-corrected chi connectivity index (χ3v) is 3.97. The number of aromatic nitrogens is 2. The molecule has 1 aliphatic heterocycles. The summed E-state index contributed by atoms with van der Waals surface area (Å²) in [4.78, 5) is 4.33. The monoisotopic (exact) mass is 293 g/mol. The van der Waals surface area contributed by atoms with Crippen molar-refractivity contribution in [1.82, 2.24) is 15.5 Å². The summed E-state index contributed by atoms with van der Waals surface area (Å²) in [6.45, 7) is 1.50. The van der Waals surface area contributed by atoms with Crippen molar-refractivity contribution in [3.05, 3.63) is 46.6 Å². The van der Waals surface area contributed by atoms with E-state index in [1.165, 1.54) is 0 Å². The molecule has 0 unspecified atom stereocenters. The number of halogens is 1. The van der Waals surface area contributed by atoms with E-state index in [1.54, 1.807) is 0 Å². The molecule has 1 saturated heterocycles. The molecule has 1 aliphatic rings. The van der Waals surface area contributed by atoms with Crippen LogP contribution in [0.4, 0.5) is 0 Å². The average Bonchev–Trinajstić information content (AvgIpc) is 2.92. The molecule has 0 atom stereocenters. The molecule has 0 aliphatic carbocycles. The van der Waals surface area contributed by atoms with Crippen LogP contribution in [0.3, 0.4) is 0 Å². The van der Waals surface area contributed by atoms with Crippen molar-refractivity contribution >= 4 is 11.6 Å². The van der Waals surface area contributed by atoms with Crippen molar-refractivity contribution in [3.8, 4) is 0 Å². The zero-order valence-electron chi connectivity index (χ0n) is 11.0. The van der Waals surface area contributed by atoms with Crippen LogP contribution in [0.15, 0.2) is 28.8 Å². The smallest absolute Gasteiger partial charge is 0.258 e. The van der Waals surface area contributed by atoms with Gasteiger partial charge in [-0.15, -0.1) is 0 Å². The van der Waals surface area contributed by atoms with E-state index >= 15 is 0 Å². The number of benzene rings is 1. The zero-order valence-corrected chi connectivity index (χ0v) is 11.7. The first-order chi connectivity index (χ1) is 9.67. The fourth-order valence-corrected chi connectivity index (χ4v) is 2.58. The number of hydrogen-bond acceptors (Lipinski definition) is 5. The van der Waals surface area contributed by atoms with Crippen LogP contribution < -0.4 is 5.32 Å². The van der Waals surface area contributed by atoms with Gasteiger partial charge in [0.25, 0.3) is 5.89 Å². The van der Waals surface area contributed by atoms with E-state index in [-0.39, 0.29) is 0 Å². The van der Waals surface area contributed by atoms with Crippen LogP contribution in [0.2, 0.25) is 5.02 Å². The second-order valence-corrected chi connectivity index (χ2v) is 5.47. The van der Waals surface area contributed by atoms with Gasteiger partial charge in [-0.2, -0.15) is 4.98 Å². The Morgan fingerprint density at radius 2 is 2.05 bits per heavy atom. The Bertz CT molecular complexity index is 594. The zero-order chi connectivity index (χ0) is 14.0. The molecule has 6 heteroatoms. The Balaban J connectivity index is 1.78. The highest BCUT2D eigenvalue weighted by Gasteiger charge is 2.36. The van der Waals surface area contributed by atoms with E-state index in [1.807, 2.05) is 24.3 Å². The Morgan fingerprint density at radius 1 is 1.30 bits per heavy atom. The highest BCUT2D eigenvalue weighted by molar-refractivity contribution is 6.31. The van der Waals surface area contributed by atoms with Crippen LogP contribution in [0.25, 0.3) is 0 Å². The van der Waals surface area contributed by atoms with Gasteiger partial charge in [0.2, 0.25) is 0 Å². The summed E-state index contributed by atoms with van der Waals surface area (Å²) in [5.74, 6) is 0.848. The molecule has 0 bridgehead atoms. The van der Waals surface area contributed by atoms with Gasteiger partial charge in [-0.05, 0) is 37.6 Å². The lowest BCUT2D eigenvalue weighted by atomic mass is 9.92. The number of rotatable bonds is 3. The lowest BCUT2D eigenvalue weighted by Gasteiger charge is -2.28. The molecule has 2 N–H and O–H groups in total. The van der Waals surface area contributed by atoms with Crippen LogP contribution in [0, 0.1) is 0 Å². The van der Waals surface area contributed by atoms with Gasteiger partial charge in [0, 0.05) is 11.4 Å². The highest BCUT2D eigenvalue weighted by atomic mass is 35.5. The fraction of sp³-hybridized carbons (Fsp3) is 0.429. The normalized spacial score (nSPS) is 18.1. The molecule has 2 aromatic rings. The minimum Gasteiger partial charge on any atom is -0.380 e. The third kappa shape index (κ3) is 2.70. The van der Waals surface area contributed by atoms with E-state index in [9.17, 15) is 5.11 Å². The summed E-state index contributed by atoms with van der Waals surface area (Å²) < 4.78 is 5.24. The van der Waals surface area contributed by atoms with Gasteiger partial charge in [0.15, 0.2) is 5.82 Å². The van der Waals surface area contributed by atoms with Crippen LogP contribution in [-0.4, -0.2) is 28.3 Å². The third-order valence-electron chi connectivity index (χ3n) is 3.60. The molecule has 0 amide bonds. The van der Waals surface area contributed by atoms with Crippen molar-refractivity contribution in [2.45, 2.75) is 24.9 Å². The molecular weight excluding hydrogens is 278 g/mol. The number of nitrogens with zero attached hydrogens (tertiary/aromatic N) is 2. The molecule has 0 saturated carbocycles. The van der Waals surface area contributed by atoms with Gasteiger partial charge in [0.1, 0.15) is 5.60 Å². The quantitative estimate of drug-likeness (QED) is 0.904. The number of hydrogen-bond donors (Lipinski definition) is 2. The number of piperidine rings is 1. The minimum atomic E-state index is -1.00. The van der Waals surface area contributed by atoms with E-state index in [2.05, 4.69) is 15.5 Å². The highest BCUT2D eigenvalue weighted by Crippen LogP contribution is 2.29. The predicted octanol–water partition coefficient (Wildman–Crippen LogP) is 1.88. The molecule has 0 radical (unpaired) electrons. The van der Waals surface area contributed by atoms with Gasteiger partial charge in [-0.1, -0.05) is 35.0 Å². The molecule has 1 aromatic carbocycles. The Kier molecular flexibility index (Phi) is 3.74. The Morgan fingerprint density at radius 3 is 2.80 bits per heavy atom. The Hall–Kier alpha value is -1.43. The molecule has 0 spiro atoms. The van der Waals surface area contributed by atoms with Crippen molar-refractivity contribution < 1.29 is 9.63 Å². The fourth-order valence-electron chi connectivity index (χ4n) is 2.38. The Labute approximate surface area is 122 Å². The number of aliphatic hydroxyl groups is 1. The summed E-state index contributed by atoms with van der Waals surface area (Å²) in [7, 11) is 0. The largest absolute Gasteiger partial charge is 0.380 e. The maximum absolute atomic E-state index is 10.5. The minimum absolute atomic E-state index is 0.307. The second kappa shape index (κ2) is 5.52. The van der Waals surface area contributed by atoms with Gasteiger partial charge < -0.3 is 14.9 Å². The molecule has 1 aromatic heterocycles. The van der Waals surface area contributed by atoms with Crippen molar-refractivity contribution in [2.24, 2.45) is 0 Å². The molecular formula is C14H16ClN3O2. The lowest BCUT2D eigenvalue weighted by molar-refractivity contribution is -0.0228. The molecule has 106 valence electrons. The van der Waals surface area contributed by atoms with E-state index in [0.717, 1.165) is 18.7 Å². The maximum Gasteiger partial charge on any atom is 0.258 e. The molecule has 2 heterocycles.